The molecule has 56 valence electrons. The van der Waals surface area contributed by atoms with E-state index in [0.717, 1.165) is 0 Å². The van der Waals surface area contributed by atoms with E-state index >= 15 is 0 Å². The predicted octanol–water partition coefficient (Wildman–Crippen LogP) is 0.790. The number of hydrogen-bond donors (Lipinski definition) is 1. The van der Waals surface area contributed by atoms with E-state index in [4.69, 9.17) is 0 Å². The van der Waals surface area contributed by atoms with Crippen LogP contribution in [0.5, 0.6) is 0 Å². The molecule has 8 heteroatoms. The van der Waals surface area contributed by atoms with Gasteiger partial charge in [-0.15, -0.1) is 4.15 Å². The molecule has 0 spiro atoms. The topological polar surface area (TPSA) is 72.5 Å². The predicted molar refractivity (Wildman–Crippen MR) is 30.6 cm³/mol. The molecule has 0 aromatic carbocycles. The van der Waals surface area contributed by atoms with Gasteiger partial charge in [0.25, 0.3) is 10.0 Å². The lowest BCUT2D eigenvalue weighted by Gasteiger charge is -1.92. The Hall–Kier alpha value is -0.0000000000000000833. The molecule has 0 aliphatic heterocycles. The number of sulfonamides is 1. The van der Waals surface area contributed by atoms with Gasteiger partial charge in [-0.2, -0.15) is 8.39 Å². The van der Waals surface area contributed by atoms with Crippen LogP contribution in [0, 0.1) is 0 Å². The zero-order valence-electron chi connectivity index (χ0n) is 4.45. The van der Waals surface area contributed by atoms with Gasteiger partial charge in [0.2, 0.25) is 0 Å². The minimum Gasteiger partial charge on any atom is -0.245 e. The maximum Gasteiger partial charge on any atom is 0.377 e. The average molecular weight is 178 g/mol. The third kappa shape index (κ3) is 8.00. The second-order valence-electron chi connectivity index (χ2n) is 1.34. The SMILES string of the molecule is CS(=O)(=O)N=P(N)(F)F. The van der Waals surface area contributed by atoms with Crippen LogP contribution in [-0.4, -0.2) is 14.7 Å². The first-order chi connectivity index (χ1) is 3.71. The maximum atomic E-state index is 11.6. The summed E-state index contributed by atoms with van der Waals surface area (Å²) >= 11 is 0. The van der Waals surface area contributed by atoms with Crippen molar-refractivity contribution in [3.05, 3.63) is 0 Å². The largest absolute Gasteiger partial charge is 0.377 e. The molecule has 0 saturated carbocycles. The second-order valence-corrected chi connectivity index (χ2v) is 4.51. The summed E-state index contributed by atoms with van der Waals surface area (Å²) in [5.41, 5.74) is 4.05. The highest BCUT2D eigenvalue weighted by Crippen LogP contribution is 2.44. The van der Waals surface area contributed by atoms with Crippen LogP contribution in [0.15, 0.2) is 4.15 Å². The van der Waals surface area contributed by atoms with Crippen molar-refractivity contribution in [3.8, 4) is 0 Å². The summed E-state index contributed by atoms with van der Waals surface area (Å²) < 4.78 is 45.1. The van der Waals surface area contributed by atoms with Crippen LogP contribution in [0.25, 0.3) is 0 Å². The Morgan fingerprint density at radius 3 is 1.89 bits per heavy atom. The van der Waals surface area contributed by atoms with Crippen LogP contribution in [0.3, 0.4) is 0 Å². The molecular weight excluding hydrogens is 173 g/mol. The van der Waals surface area contributed by atoms with E-state index in [2.05, 4.69) is 9.65 Å². The van der Waals surface area contributed by atoms with Crippen molar-refractivity contribution < 1.29 is 16.8 Å². The summed E-state index contributed by atoms with van der Waals surface area (Å²) in [6.07, 6.45) is 0.563. The summed E-state index contributed by atoms with van der Waals surface area (Å²) in [5, 5.41) is 0. The third-order valence-corrected chi connectivity index (χ3v) is 2.31. The van der Waals surface area contributed by atoms with Crippen LogP contribution >= 0.6 is 7.83 Å². The molecule has 0 aromatic heterocycles. The number of hydrogen-bond acceptors (Lipinski definition) is 2. The average Bonchev–Trinajstić information content (AvgIpc) is 1.14. The van der Waals surface area contributed by atoms with Gasteiger partial charge < -0.3 is 0 Å². The van der Waals surface area contributed by atoms with E-state index in [-0.39, 0.29) is 0 Å². The van der Waals surface area contributed by atoms with E-state index < -0.39 is 17.8 Å². The third-order valence-electron chi connectivity index (χ3n) is 0.257. The molecule has 0 rings (SSSR count). The van der Waals surface area contributed by atoms with Gasteiger partial charge in [-0.25, -0.2) is 13.9 Å². The minimum atomic E-state index is -5.00. The highest BCUT2D eigenvalue weighted by Gasteiger charge is 2.12. The molecule has 0 aliphatic rings. The normalized spacial score (nSPS) is 13.3. The lowest BCUT2D eigenvalue weighted by atomic mass is 12.0. The van der Waals surface area contributed by atoms with Crippen LogP contribution in [0.2, 0.25) is 0 Å². The molecule has 9 heavy (non-hydrogen) atoms. The molecule has 0 atom stereocenters. The van der Waals surface area contributed by atoms with Gasteiger partial charge in [0, 0.05) is 0 Å². The van der Waals surface area contributed by atoms with Gasteiger partial charge in [0.15, 0.2) is 0 Å². The summed E-state index contributed by atoms with van der Waals surface area (Å²) in [7, 11) is -8.98. The van der Waals surface area contributed by atoms with Crippen LogP contribution < -0.4 is 5.50 Å². The number of rotatable bonds is 1. The van der Waals surface area contributed by atoms with Gasteiger partial charge in [0.1, 0.15) is 0 Å². The summed E-state index contributed by atoms with van der Waals surface area (Å²) in [5.74, 6) is 0. The fourth-order valence-corrected chi connectivity index (χ4v) is 1.78. The van der Waals surface area contributed by atoms with Crippen molar-refractivity contribution in [2.24, 2.45) is 9.65 Å². The Morgan fingerprint density at radius 2 is 1.89 bits per heavy atom. The zero-order chi connectivity index (χ0) is 7.71. The highest BCUT2D eigenvalue weighted by atomic mass is 32.2. The summed E-state index contributed by atoms with van der Waals surface area (Å²) in [4.78, 5) is 0. The number of nitrogens with zero attached hydrogens (tertiary/aromatic N) is 1. The van der Waals surface area contributed by atoms with E-state index in [1.165, 1.54) is 0 Å². The zero-order valence-corrected chi connectivity index (χ0v) is 6.16. The lowest BCUT2D eigenvalue weighted by Crippen LogP contribution is -1.91. The minimum absolute atomic E-state index is 0.563. The summed E-state index contributed by atoms with van der Waals surface area (Å²) in [6.45, 7) is 0. The highest BCUT2D eigenvalue weighted by molar-refractivity contribution is 7.92. The van der Waals surface area contributed by atoms with E-state index in [9.17, 15) is 16.8 Å². The molecule has 0 amide bonds. The Labute approximate surface area is 51.5 Å². The molecule has 0 bridgehead atoms. The van der Waals surface area contributed by atoms with Crippen LogP contribution in [-0.2, 0) is 10.0 Å². The smallest absolute Gasteiger partial charge is 0.245 e. The van der Waals surface area contributed by atoms with E-state index in [0.29, 0.717) is 6.26 Å². The molecule has 2 N–H and O–H groups in total. The first kappa shape index (κ1) is 9.00. The molecular formula is CH5F2N2O2PS. The fraction of sp³-hybridized carbons (Fsp3) is 1.00. The van der Waals surface area contributed by atoms with Crippen LogP contribution in [0.1, 0.15) is 0 Å². The Balaban J connectivity index is 4.76. The van der Waals surface area contributed by atoms with Crippen molar-refractivity contribution in [3.63, 3.8) is 0 Å². The van der Waals surface area contributed by atoms with Gasteiger partial charge in [-0.3, -0.25) is 0 Å². The maximum absolute atomic E-state index is 11.6. The van der Waals surface area contributed by atoms with Gasteiger partial charge >= 0.3 is 7.83 Å². The molecule has 0 aliphatic carbocycles. The standard InChI is InChI=1S/CH5F2N2O2PS/c1-9(6,7)5-8(2,3)4/h4H2,1H3. The molecule has 0 unspecified atom stereocenters. The quantitative estimate of drug-likeness (QED) is 0.603. The molecule has 0 saturated heterocycles. The van der Waals surface area contributed by atoms with Gasteiger partial charge in [-0.05, 0) is 0 Å². The first-order valence-electron chi connectivity index (χ1n) is 1.72. The van der Waals surface area contributed by atoms with Gasteiger partial charge in [0.05, 0.1) is 6.26 Å². The van der Waals surface area contributed by atoms with Crippen LogP contribution in [0.4, 0.5) is 8.39 Å². The van der Waals surface area contributed by atoms with Crippen molar-refractivity contribution in [2.45, 2.75) is 0 Å². The second kappa shape index (κ2) is 2.32. The Kier molecular flexibility index (Phi) is 2.32. The molecule has 0 heterocycles. The molecule has 0 radical (unpaired) electrons. The van der Waals surface area contributed by atoms with E-state index in [1.807, 2.05) is 0 Å². The van der Waals surface area contributed by atoms with Crippen molar-refractivity contribution >= 4 is 17.8 Å². The lowest BCUT2D eigenvalue weighted by molar-refractivity contribution is 0.602. The Bertz CT molecular complexity index is 231. The summed E-state index contributed by atoms with van der Waals surface area (Å²) in [6, 6.07) is 0. The van der Waals surface area contributed by atoms with E-state index in [1.54, 1.807) is 0 Å². The molecule has 4 nitrogen and oxygen atoms in total. The Morgan fingerprint density at radius 1 is 1.56 bits per heavy atom. The number of nitrogens with two attached hydrogens (primary N) is 1. The fourth-order valence-electron chi connectivity index (χ4n) is 0.198. The first-order valence-corrected chi connectivity index (χ1v) is 5.16. The van der Waals surface area contributed by atoms with Gasteiger partial charge in [-0.1, -0.05) is 0 Å². The number of halogens is 2. The molecule has 0 fully saturated rings. The monoisotopic (exact) mass is 178 g/mol. The van der Waals surface area contributed by atoms with Crippen molar-refractivity contribution in [1.82, 2.24) is 0 Å². The molecule has 0 aromatic rings. The van der Waals surface area contributed by atoms with Crippen molar-refractivity contribution in [1.29, 1.82) is 0 Å². The van der Waals surface area contributed by atoms with Crippen molar-refractivity contribution in [2.75, 3.05) is 6.26 Å².